The predicted molar refractivity (Wildman–Crippen MR) is 90.7 cm³/mol. The molecule has 1 radical (unpaired) electrons. The Morgan fingerprint density at radius 1 is 1.05 bits per heavy atom. The van der Waals surface area contributed by atoms with Gasteiger partial charge in [0, 0.05) is 0 Å². The van der Waals surface area contributed by atoms with Crippen LogP contribution in [0, 0.1) is 6.07 Å². The highest BCUT2D eigenvalue weighted by Crippen LogP contribution is 2.34. The number of rotatable bonds is 3. The van der Waals surface area contributed by atoms with Gasteiger partial charge in [-0.05, 0) is 42.4 Å². The number of hydrogen-bond donors (Lipinski definition) is 0. The zero-order valence-electron chi connectivity index (χ0n) is 13.1. The summed E-state index contributed by atoms with van der Waals surface area (Å²) in [6.45, 7) is 2.37. The van der Waals surface area contributed by atoms with Crippen molar-refractivity contribution in [3.8, 4) is 0 Å². The van der Waals surface area contributed by atoms with Crippen LogP contribution in [-0.2, 0) is 6.42 Å². The Bertz CT molecular complexity index is 389. The first kappa shape index (κ1) is 14.4. The van der Waals surface area contributed by atoms with Crippen molar-refractivity contribution in [2.45, 2.75) is 82.7 Å². The van der Waals surface area contributed by atoms with Crippen molar-refractivity contribution in [3.05, 3.63) is 29.3 Å². The molecule has 0 amide bonds. The molecule has 3 rings (SSSR count). The van der Waals surface area contributed by atoms with E-state index in [9.17, 15) is 0 Å². The van der Waals surface area contributed by atoms with Crippen LogP contribution in [0.1, 0.15) is 75.3 Å². The van der Waals surface area contributed by atoms with Crippen LogP contribution in [0.3, 0.4) is 0 Å². The van der Waals surface area contributed by atoms with Gasteiger partial charge in [0.15, 0.2) is 0 Å². The topological polar surface area (TPSA) is 0 Å². The van der Waals surface area contributed by atoms with Gasteiger partial charge in [-0.3, -0.25) is 0 Å². The largest absolute Gasteiger partial charge is 0.0712 e. The third-order valence-corrected chi connectivity index (χ3v) is 9.22. The van der Waals surface area contributed by atoms with Crippen LogP contribution in [0.25, 0.3) is 0 Å². The van der Waals surface area contributed by atoms with E-state index in [0.717, 1.165) is 5.92 Å². The number of hydrogen-bond acceptors (Lipinski definition) is 0. The maximum Gasteiger partial charge on any atom is 0.0712 e. The van der Waals surface area contributed by atoms with Gasteiger partial charge in [0.25, 0.3) is 0 Å². The van der Waals surface area contributed by atoms with E-state index >= 15 is 0 Å². The zero-order valence-corrected chi connectivity index (χ0v) is 14.2. The second-order valence-electron chi connectivity index (χ2n) is 6.85. The van der Waals surface area contributed by atoms with E-state index in [-0.39, 0.29) is 0 Å². The molecule has 1 saturated carbocycles. The Morgan fingerprint density at radius 3 is 2.45 bits per heavy atom. The maximum atomic E-state index is 3.66. The molecular formula is C19H29Si. The van der Waals surface area contributed by atoms with Gasteiger partial charge in [-0.2, -0.15) is 0 Å². The van der Waals surface area contributed by atoms with Crippen molar-refractivity contribution in [3.63, 3.8) is 0 Å². The molecule has 1 saturated heterocycles. The van der Waals surface area contributed by atoms with Crippen molar-refractivity contribution in [1.29, 1.82) is 0 Å². The molecule has 1 heteroatoms. The molecule has 2 aliphatic rings. The van der Waals surface area contributed by atoms with Gasteiger partial charge in [0.05, 0.1) is 8.80 Å². The molecule has 1 aromatic carbocycles. The fourth-order valence-electron chi connectivity index (χ4n) is 4.51. The standard InChI is InChI=1S/C19H29Si/c1-2-17-18(16-10-5-3-6-11-16)12-9-13-19(17)20-14-7-4-8-15-20/h9,13,16,20H,2-8,10-11,14-15H2,1H3. The highest BCUT2D eigenvalue weighted by atomic mass is 28.3. The first-order valence-corrected chi connectivity index (χ1v) is 11.1. The average molecular weight is 286 g/mol. The maximum absolute atomic E-state index is 3.66. The molecule has 0 spiro atoms. The van der Waals surface area contributed by atoms with E-state index < -0.39 is 8.80 Å². The summed E-state index contributed by atoms with van der Waals surface area (Å²) in [5.41, 5.74) is 3.36. The van der Waals surface area contributed by atoms with E-state index in [0.29, 0.717) is 0 Å². The molecule has 0 unspecified atom stereocenters. The van der Waals surface area contributed by atoms with Crippen LogP contribution in [0.4, 0.5) is 0 Å². The van der Waals surface area contributed by atoms with Crippen molar-refractivity contribution >= 4 is 14.0 Å². The van der Waals surface area contributed by atoms with E-state index in [1.54, 1.807) is 23.2 Å². The van der Waals surface area contributed by atoms with Crippen LogP contribution in [-0.4, -0.2) is 8.80 Å². The Hall–Kier alpha value is -0.563. The third kappa shape index (κ3) is 3.03. The summed E-state index contributed by atoms with van der Waals surface area (Å²) in [6, 6.07) is 11.5. The molecule has 2 fully saturated rings. The predicted octanol–water partition coefficient (Wildman–Crippen LogP) is 4.71. The van der Waals surface area contributed by atoms with Gasteiger partial charge in [-0.1, -0.05) is 74.9 Å². The van der Waals surface area contributed by atoms with Crippen molar-refractivity contribution in [2.24, 2.45) is 0 Å². The highest BCUT2D eigenvalue weighted by Gasteiger charge is 2.24. The van der Waals surface area contributed by atoms with Gasteiger partial charge in [-0.25, -0.2) is 0 Å². The van der Waals surface area contributed by atoms with Gasteiger partial charge >= 0.3 is 0 Å². The van der Waals surface area contributed by atoms with Crippen molar-refractivity contribution in [2.75, 3.05) is 0 Å². The molecule has 1 heterocycles. The lowest BCUT2D eigenvalue weighted by Crippen LogP contribution is -2.35. The van der Waals surface area contributed by atoms with Crippen LogP contribution < -0.4 is 5.19 Å². The van der Waals surface area contributed by atoms with E-state index in [1.165, 1.54) is 57.8 Å². The molecule has 0 bridgehead atoms. The summed E-state index contributed by atoms with van der Waals surface area (Å²) in [5.74, 6) is 0.830. The Labute approximate surface area is 126 Å². The summed E-state index contributed by atoms with van der Waals surface area (Å²) in [6.07, 6.45) is 12.9. The fourth-order valence-corrected chi connectivity index (χ4v) is 8.21. The fraction of sp³-hybridized carbons (Fsp3) is 0.684. The minimum atomic E-state index is -0.644. The zero-order chi connectivity index (χ0) is 13.8. The summed E-state index contributed by atoms with van der Waals surface area (Å²) < 4.78 is 0. The molecule has 0 aromatic heterocycles. The Morgan fingerprint density at radius 2 is 1.75 bits per heavy atom. The lowest BCUT2D eigenvalue weighted by molar-refractivity contribution is 0.441. The van der Waals surface area contributed by atoms with Gasteiger partial charge < -0.3 is 0 Å². The lowest BCUT2D eigenvalue weighted by Gasteiger charge is -2.28. The third-order valence-electron chi connectivity index (χ3n) is 5.59. The summed E-state index contributed by atoms with van der Waals surface area (Å²) in [7, 11) is -0.644. The minimum absolute atomic E-state index is 0.644. The monoisotopic (exact) mass is 285 g/mol. The summed E-state index contributed by atoms with van der Waals surface area (Å²) in [4.78, 5) is 0. The quantitative estimate of drug-likeness (QED) is 0.705. The van der Waals surface area contributed by atoms with Crippen LogP contribution in [0.2, 0.25) is 12.1 Å². The molecule has 1 aliphatic heterocycles. The molecule has 0 atom stereocenters. The Balaban J connectivity index is 1.89. The van der Waals surface area contributed by atoms with E-state index in [4.69, 9.17) is 0 Å². The van der Waals surface area contributed by atoms with Gasteiger partial charge in [-0.15, -0.1) is 0 Å². The van der Waals surface area contributed by atoms with E-state index in [2.05, 4.69) is 25.1 Å². The lowest BCUT2D eigenvalue weighted by atomic mass is 9.81. The van der Waals surface area contributed by atoms with Crippen LogP contribution >= 0.6 is 0 Å². The Kier molecular flexibility index (Phi) is 4.98. The molecule has 0 N–H and O–H groups in total. The smallest absolute Gasteiger partial charge is 0.0624 e. The molecule has 109 valence electrons. The second kappa shape index (κ2) is 6.93. The molecule has 20 heavy (non-hydrogen) atoms. The van der Waals surface area contributed by atoms with Crippen molar-refractivity contribution in [1.82, 2.24) is 0 Å². The first-order valence-electron chi connectivity index (χ1n) is 8.93. The molecule has 1 aliphatic carbocycles. The van der Waals surface area contributed by atoms with Crippen LogP contribution in [0.5, 0.6) is 0 Å². The van der Waals surface area contributed by atoms with Gasteiger partial charge in [0.1, 0.15) is 0 Å². The average Bonchev–Trinajstić information content (AvgIpc) is 2.55. The SMILES string of the molecule is CCc1c(C2CCCCC2)[c]ccc1[SiH]1CCCCC1. The minimum Gasteiger partial charge on any atom is -0.0624 e. The van der Waals surface area contributed by atoms with Crippen molar-refractivity contribution < 1.29 is 0 Å². The molecule has 1 aromatic rings. The highest BCUT2D eigenvalue weighted by molar-refractivity contribution is 6.73. The summed E-state index contributed by atoms with van der Waals surface area (Å²) >= 11 is 0. The number of benzene rings is 1. The first-order chi connectivity index (χ1) is 9.90. The summed E-state index contributed by atoms with van der Waals surface area (Å²) in [5, 5.41) is 1.83. The van der Waals surface area contributed by atoms with Crippen LogP contribution in [0.15, 0.2) is 12.1 Å². The molecular weight excluding hydrogens is 256 g/mol. The van der Waals surface area contributed by atoms with Gasteiger partial charge in [0.2, 0.25) is 0 Å². The van der Waals surface area contributed by atoms with E-state index in [1.807, 2.05) is 5.19 Å². The molecule has 0 nitrogen and oxygen atoms in total. The normalized spacial score (nSPS) is 22.1. The second-order valence-corrected chi connectivity index (χ2v) is 10.0.